The fourth-order valence-corrected chi connectivity index (χ4v) is 4.70. The van der Waals surface area contributed by atoms with Crippen LogP contribution in [0.25, 0.3) is 43.1 Å². The molecule has 0 aliphatic heterocycles. The average molecular weight is 322 g/mol. The molecule has 0 aliphatic carbocycles. The third-order valence-electron chi connectivity index (χ3n) is 6.28. The van der Waals surface area contributed by atoms with Crippen LogP contribution in [0.2, 0.25) is 0 Å². The Morgan fingerprint density at radius 2 is 1.04 bits per heavy atom. The highest BCUT2D eigenvalue weighted by atomic mass is 14.2. The van der Waals surface area contributed by atoms with E-state index in [-0.39, 0.29) is 0 Å². The van der Waals surface area contributed by atoms with Crippen molar-refractivity contribution in [2.45, 2.75) is 34.6 Å². The van der Waals surface area contributed by atoms with Crippen molar-refractivity contribution in [2.24, 2.45) is 0 Å². The monoisotopic (exact) mass is 322 g/mol. The van der Waals surface area contributed by atoms with Gasteiger partial charge in [-0.3, -0.25) is 0 Å². The van der Waals surface area contributed by atoms with E-state index in [9.17, 15) is 0 Å². The molecular weight excluding hydrogens is 300 g/mol. The number of benzene rings is 5. The van der Waals surface area contributed by atoms with E-state index in [4.69, 9.17) is 0 Å². The molecule has 0 saturated heterocycles. The summed E-state index contributed by atoms with van der Waals surface area (Å²) in [6.45, 7) is 11.2. The molecule has 0 spiro atoms. The summed E-state index contributed by atoms with van der Waals surface area (Å²) >= 11 is 0. The van der Waals surface area contributed by atoms with Gasteiger partial charge in [0.25, 0.3) is 0 Å². The summed E-state index contributed by atoms with van der Waals surface area (Å²) in [6.07, 6.45) is 0. The topological polar surface area (TPSA) is 0 Å². The van der Waals surface area contributed by atoms with Crippen molar-refractivity contribution in [3.63, 3.8) is 0 Å². The Labute approximate surface area is 148 Å². The van der Waals surface area contributed by atoms with Gasteiger partial charge in [0.05, 0.1) is 0 Å². The van der Waals surface area contributed by atoms with E-state index in [2.05, 4.69) is 77.1 Å². The first-order chi connectivity index (χ1) is 12.0. The van der Waals surface area contributed by atoms with E-state index in [0.29, 0.717) is 0 Å². The summed E-state index contributed by atoms with van der Waals surface area (Å²) in [6, 6.07) is 16.2. The SMILES string of the molecule is Cc1cc2c3ccc(C)c4c(C)c(C)cc(c5cccc(c1C)c25)c43. The lowest BCUT2D eigenvalue weighted by Gasteiger charge is -2.19. The van der Waals surface area contributed by atoms with Crippen molar-refractivity contribution in [1.82, 2.24) is 0 Å². The van der Waals surface area contributed by atoms with Gasteiger partial charge in [0.1, 0.15) is 0 Å². The third kappa shape index (κ3) is 1.72. The Morgan fingerprint density at radius 1 is 0.440 bits per heavy atom. The van der Waals surface area contributed by atoms with Crippen LogP contribution in [-0.2, 0) is 0 Å². The third-order valence-corrected chi connectivity index (χ3v) is 6.28. The van der Waals surface area contributed by atoms with Crippen LogP contribution in [0.3, 0.4) is 0 Å². The van der Waals surface area contributed by atoms with Crippen molar-refractivity contribution in [3.05, 3.63) is 70.3 Å². The molecule has 0 aromatic heterocycles. The molecule has 0 amide bonds. The van der Waals surface area contributed by atoms with Crippen LogP contribution in [0.1, 0.15) is 27.8 Å². The zero-order chi connectivity index (χ0) is 17.5. The van der Waals surface area contributed by atoms with Crippen LogP contribution < -0.4 is 0 Å². The highest BCUT2D eigenvalue weighted by Crippen LogP contribution is 2.43. The van der Waals surface area contributed by atoms with Gasteiger partial charge in [-0.1, -0.05) is 42.5 Å². The number of rotatable bonds is 0. The Kier molecular flexibility index (Phi) is 2.78. The van der Waals surface area contributed by atoms with E-state index in [1.807, 2.05) is 0 Å². The van der Waals surface area contributed by atoms with Crippen molar-refractivity contribution >= 4 is 43.1 Å². The zero-order valence-electron chi connectivity index (χ0n) is 15.5. The number of hydrogen-bond acceptors (Lipinski definition) is 0. The highest BCUT2D eigenvalue weighted by molar-refractivity contribution is 6.34. The summed E-state index contributed by atoms with van der Waals surface area (Å²) in [4.78, 5) is 0. The Hall–Kier alpha value is -2.60. The van der Waals surface area contributed by atoms with Crippen molar-refractivity contribution in [3.8, 4) is 0 Å². The maximum Gasteiger partial charge on any atom is -0.00208 e. The molecule has 0 nitrogen and oxygen atoms in total. The van der Waals surface area contributed by atoms with Crippen molar-refractivity contribution in [2.75, 3.05) is 0 Å². The number of fused-ring (bicyclic) bond motifs is 2. The molecule has 0 N–H and O–H groups in total. The summed E-state index contributed by atoms with van der Waals surface area (Å²) in [7, 11) is 0. The Balaban J connectivity index is 2.27. The van der Waals surface area contributed by atoms with Gasteiger partial charge in [-0.05, 0) is 106 Å². The van der Waals surface area contributed by atoms with Crippen molar-refractivity contribution in [1.29, 1.82) is 0 Å². The molecule has 0 heterocycles. The fourth-order valence-electron chi connectivity index (χ4n) is 4.70. The average Bonchev–Trinajstić information content (AvgIpc) is 2.60. The first-order valence-electron chi connectivity index (χ1n) is 9.06. The molecule has 0 bridgehead atoms. The first kappa shape index (κ1) is 14.7. The largest absolute Gasteiger partial charge is 0.0610 e. The van der Waals surface area contributed by atoms with E-state index >= 15 is 0 Å². The predicted octanol–water partition coefficient (Wildman–Crippen LogP) is 7.28. The van der Waals surface area contributed by atoms with Crippen LogP contribution in [0.5, 0.6) is 0 Å². The lowest BCUT2D eigenvalue weighted by molar-refractivity contribution is 1.37. The lowest BCUT2D eigenvalue weighted by atomic mass is 9.84. The van der Waals surface area contributed by atoms with Gasteiger partial charge in [-0.25, -0.2) is 0 Å². The molecule has 0 unspecified atom stereocenters. The van der Waals surface area contributed by atoms with Gasteiger partial charge >= 0.3 is 0 Å². The standard InChI is InChI=1S/C25H22/c1-13-9-10-20-21-11-14(2)16(4)18-7-6-8-19(24(18)21)22-12-15(3)17(5)23(13)25(20)22/h6-12H,1-5H3. The number of hydrogen-bond donors (Lipinski definition) is 0. The van der Waals surface area contributed by atoms with E-state index in [1.165, 1.54) is 70.9 Å². The molecule has 5 aromatic carbocycles. The van der Waals surface area contributed by atoms with Crippen LogP contribution in [0, 0.1) is 34.6 Å². The molecule has 5 rings (SSSR count). The normalized spacial score (nSPS) is 12.2. The second kappa shape index (κ2) is 4.73. The maximum atomic E-state index is 2.40. The molecule has 0 atom stereocenters. The van der Waals surface area contributed by atoms with Gasteiger partial charge in [0.2, 0.25) is 0 Å². The Bertz CT molecular complexity index is 1320. The molecule has 25 heavy (non-hydrogen) atoms. The van der Waals surface area contributed by atoms with Crippen LogP contribution in [0.15, 0.2) is 42.5 Å². The minimum Gasteiger partial charge on any atom is -0.0610 e. The lowest BCUT2D eigenvalue weighted by Crippen LogP contribution is -1.94. The smallest absolute Gasteiger partial charge is 0.00208 e. The molecule has 122 valence electrons. The first-order valence-corrected chi connectivity index (χ1v) is 9.06. The molecule has 0 radical (unpaired) electrons. The second-order valence-electron chi connectivity index (χ2n) is 7.64. The van der Waals surface area contributed by atoms with E-state index in [1.54, 1.807) is 0 Å². The fraction of sp³-hybridized carbons (Fsp3) is 0.200. The second-order valence-corrected chi connectivity index (χ2v) is 7.64. The predicted molar refractivity (Wildman–Crippen MR) is 111 cm³/mol. The van der Waals surface area contributed by atoms with Crippen LogP contribution in [0.4, 0.5) is 0 Å². The van der Waals surface area contributed by atoms with Crippen LogP contribution in [-0.4, -0.2) is 0 Å². The highest BCUT2D eigenvalue weighted by Gasteiger charge is 2.17. The van der Waals surface area contributed by atoms with Crippen molar-refractivity contribution < 1.29 is 0 Å². The summed E-state index contributed by atoms with van der Waals surface area (Å²) in [5, 5.41) is 11.3. The minimum absolute atomic E-state index is 1.38. The van der Waals surface area contributed by atoms with Gasteiger partial charge in [-0.2, -0.15) is 0 Å². The molecule has 0 heteroatoms. The van der Waals surface area contributed by atoms with Gasteiger partial charge < -0.3 is 0 Å². The van der Waals surface area contributed by atoms with Gasteiger partial charge in [-0.15, -0.1) is 0 Å². The molecule has 0 saturated carbocycles. The maximum absolute atomic E-state index is 2.40. The van der Waals surface area contributed by atoms with Gasteiger partial charge in [0.15, 0.2) is 0 Å². The van der Waals surface area contributed by atoms with E-state index < -0.39 is 0 Å². The quantitative estimate of drug-likeness (QED) is 0.207. The zero-order valence-corrected chi connectivity index (χ0v) is 15.5. The molecular formula is C25H22. The summed E-state index contributed by atoms with van der Waals surface area (Å²) < 4.78 is 0. The number of aryl methyl sites for hydroxylation is 5. The summed E-state index contributed by atoms with van der Waals surface area (Å²) in [5.74, 6) is 0. The van der Waals surface area contributed by atoms with Gasteiger partial charge in [0, 0.05) is 0 Å². The summed E-state index contributed by atoms with van der Waals surface area (Å²) in [5.41, 5.74) is 6.95. The molecule has 5 aromatic rings. The van der Waals surface area contributed by atoms with E-state index in [0.717, 1.165) is 0 Å². The molecule has 0 fully saturated rings. The van der Waals surface area contributed by atoms with Crippen LogP contribution >= 0.6 is 0 Å². The minimum atomic E-state index is 1.38. The Morgan fingerprint density at radius 3 is 1.80 bits per heavy atom. The molecule has 0 aliphatic rings.